The number of hydrogen-bond acceptors (Lipinski definition) is 5. The maximum atomic E-state index is 5.71. The summed E-state index contributed by atoms with van der Waals surface area (Å²) in [4.78, 5) is 5.55. The van der Waals surface area contributed by atoms with Crippen molar-refractivity contribution in [3.05, 3.63) is 42.2 Å². The van der Waals surface area contributed by atoms with Crippen LogP contribution in [0.5, 0.6) is 11.5 Å². The molecule has 4 nitrogen and oxygen atoms in total. The second-order valence-corrected chi connectivity index (χ2v) is 5.78. The van der Waals surface area contributed by atoms with Crippen LogP contribution in [-0.2, 0) is 5.75 Å². The summed E-state index contributed by atoms with van der Waals surface area (Å²) in [5, 5.41) is 3.13. The lowest BCUT2D eigenvalue weighted by Gasteiger charge is -2.09. The maximum absolute atomic E-state index is 5.71. The number of benzene rings is 1. The van der Waals surface area contributed by atoms with Gasteiger partial charge in [0.15, 0.2) is 11.5 Å². The smallest absolute Gasteiger partial charge is 0.162 e. The molecule has 1 aliphatic rings. The van der Waals surface area contributed by atoms with Gasteiger partial charge in [-0.1, -0.05) is 0 Å². The van der Waals surface area contributed by atoms with Crippen LogP contribution in [0.25, 0.3) is 0 Å². The maximum Gasteiger partial charge on any atom is 0.162 e. The standard InChI is InChI=1S/C16H18N2O2S/c1-17-12-5-6-18-13(9-12)11-21-14-3-4-15-16(10-14)20-8-2-7-19-15/h3-6,9-10H,2,7-8,11H2,1H3,(H,17,18). The summed E-state index contributed by atoms with van der Waals surface area (Å²) in [5.74, 6) is 2.51. The van der Waals surface area contributed by atoms with Crippen LogP contribution in [0.15, 0.2) is 41.4 Å². The number of ether oxygens (including phenoxy) is 2. The van der Waals surface area contributed by atoms with E-state index in [9.17, 15) is 0 Å². The number of aromatic nitrogens is 1. The Morgan fingerprint density at radius 2 is 2.00 bits per heavy atom. The molecule has 0 radical (unpaired) electrons. The number of fused-ring (bicyclic) bond motifs is 1. The van der Waals surface area contributed by atoms with Gasteiger partial charge in [0.1, 0.15) is 0 Å². The van der Waals surface area contributed by atoms with Crippen molar-refractivity contribution >= 4 is 17.4 Å². The van der Waals surface area contributed by atoms with Gasteiger partial charge in [0, 0.05) is 36.0 Å². The molecule has 2 aromatic rings. The summed E-state index contributed by atoms with van der Waals surface area (Å²) in [6.45, 7) is 1.44. The fourth-order valence-electron chi connectivity index (χ4n) is 2.10. The third-order valence-corrected chi connectivity index (χ3v) is 4.24. The van der Waals surface area contributed by atoms with Crippen LogP contribution in [0.3, 0.4) is 0 Å². The fourth-order valence-corrected chi connectivity index (χ4v) is 2.93. The second-order valence-electron chi connectivity index (χ2n) is 4.73. The molecule has 21 heavy (non-hydrogen) atoms. The lowest BCUT2D eigenvalue weighted by atomic mass is 10.3. The van der Waals surface area contributed by atoms with Crippen molar-refractivity contribution in [3.8, 4) is 11.5 Å². The minimum absolute atomic E-state index is 0.715. The van der Waals surface area contributed by atoms with Gasteiger partial charge in [-0.15, -0.1) is 11.8 Å². The molecule has 1 aliphatic heterocycles. The van der Waals surface area contributed by atoms with Crippen molar-refractivity contribution in [1.82, 2.24) is 4.98 Å². The Morgan fingerprint density at radius 3 is 2.86 bits per heavy atom. The monoisotopic (exact) mass is 302 g/mol. The van der Waals surface area contributed by atoms with Crippen LogP contribution in [0.4, 0.5) is 5.69 Å². The van der Waals surface area contributed by atoms with Gasteiger partial charge >= 0.3 is 0 Å². The lowest BCUT2D eigenvalue weighted by molar-refractivity contribution is 0.297. The van der Waals surface area contributed by atoms with Gasteiger partial charge < -0.3 is 14.8 Å². The van der Waals surface area contributed by atoms with Crippen LogP contribution in [0, 0.1) is 0 Å². The van der Waals surface area contributed by atoms with E-state index in [0.717, 1.165) is 46.6 Å². The quantitative estimate of drug-likeness (QED) is 0.875. The van der Waals surface area contributed by atoms with E-state index in [0.29, 0.717) is 6.61 Å². The molecule has 0 bridgehead atoms. The second kappa shape index (κ2) is 6.72. The Bertz CT molecular complexity index is 619. The molecule has 0 saturated carbocycles. The molecule has 0 fully saturated rings. The zero-order valence-electron chi connectivity index (χ0n) is 12.0. The summed E-state index contributed by atoms with van der Waals surface area (Å²) in [5.41, 5.74) is 2.14. The molecule has 110 valence electrons. The highest BCUT2D eigenvalue weighted by Gasteiger charge is 2.11. The first-order valence-corrected chi connectivity index (χ1v) is 7.99. The lowest BCUT2D eigenvalue weighted by Crippen LogP contribution is -1.97. The van der Waals surface area contributed by atoms with Crippen molar-refractivity contribution in [2.75, 3.05) is 25.6 Å². The predicted octanol–water partition coefficient (Wildman–Crippen LogP) is 3.58. The summed E-state index contributed by atoms with van der Waals surface area (Å²) >= 11 is 1.75. The SMILES string of the molecule is CNc1ccnc(CSc2ccc3c(c2)OCCCO3)c1. The molecular formula is C16H18N2O2S. The first-order valence-electron chi connectivity index (χ1n) is 7.00. The van der Waals surface area contributed by atoms with Crippen LogP contribution in [0.1, 0.15) is 12.1 Å². The van der Waals surface area contributed by atoms with E-state index in [1.54, 1.807) is 11.8 Å². The largest absolute Gasteiger partial charge is 0.490 e. The molecule has 0 amide bonds. The Labute approximate surface area is 128 Å². The number of pyridine rings is 1. The zero-order valence-corrected chi connectivity index (χ0v) is 12.8. The molecule has 2 heterocycles. The van der Waals surface area contributed by atoms with E-state index < -0.39 is 0 Å². The van der Waals surface area contributed by atoms with E-state index in [-0.39, 0.29) is 0 Å². The number of hydrogen-bond donors (Lipinski definition) is 1. The normalized spacial score (nSPS) is 13.6. The van der Waals surface area contributed by atoms with Gasteiger partial charge in [0.2, 0.25) is 0 Å². The summed E-state index contributed by atoms with van der Waals surface area (Å²) in [7, 11) is 1.91. The molecular weight excluding hydrogens is 284 g/mol. The highest BCUT2D eigenvalue weighted by atomic mass is 32.2. The average molecular weight is 302 g/mol. The van der Waals surface area contributed by atoms with E-state index in [4.69, 9.17) is 9.47 Å². The average Bonchev–Trinajstić information content (AvgIpc) is 2.78. The highest BCUT2D eigenvalue weighted by molar-refractivity contribution is 7.98. The first kappa shape index (κ1) is 14.1. The fraction of sp³-hybridized carbons (Fsp3) is 0.312. The molecule has 3 rings (SSSR count). The van der Waals surface area contributed by atoms with Crippen LogP contribution < -0.4 is 14.8 Å². The molecule has 0 aliphatic carbocycles. The van der Waals surface area contributed by atoms with Crippen molar-refractivity contribution < 1.29 is 9.47 Å². The molecule has 5 heteroatoms. The molecule has 1 aromatic carbocycles. The van der Waals surface area contributed by atoms with Crippen LogP contribution in [-0.4, -0.2) is 25.2 Å². The number of thioether (sulfide) groups is 1. The minimum atomic E-state index is 0.715. The van der Waals surface area contributed by atoms with Crippen molar-refractivity contribution in [2.45, 2.75) is 17.1 Å². The molecule has 1 aromatic heterocycles. The highest BCUT2D eigenvalue weighted by Crippen LogP contribution is 2.34. The number of nitrogens with zero attached hydrogens (tertiary/aromatic N) is 1. The van der Waals surface area contributed by atoms with Gasteiger partial charge in [-0.25, -0.2) is 0 Å². The third-order valence-electron chi connectivity index (χ3n) is 3.21. The summed E-state index contributed by atoms with van der Waals surface area (Å²) in [6, 6.07) is 10.1. The van der Waals surface area contributed by atoms with Gasteiger partial charge in [-0.3, -0.25) is 4.98 Å². The minimum Gasteiger partial charge on any atom is -0.490 e. The summed E-state index contributed by atoms with van der Waals surface area (Å²) in [6.07, 6.45) is 2.76. The Morgan fingerprint density at radius 1 is 1.14 bits per heavy atom. The van der Waals surface area contributed by atoms with Crippen LogP contribution >= 0.6 is 11.8 Å². The molecule has 0 atom stereocenters. The Kier molecular flexibility index (Phi) is 4.50. The van der Waals surface area contributed by atoms with E-state index >= 15 is 0 Å². The first-order chi connectivity index (χ1) is 10.3. The van der Waals surface area contributed by atoms with Crippen molar-refractivity contribution in [3.63, 3.8) is 0 Å². The molecule has 1 N–H and O–H groups in total. The van der Waals surface area contributed by atoms with Gasteiger partial charge in [-0.2, -0.15) is 0 Å². The molecule has 0 saturated heterocycles. The van der Waals surface area contributed by atoms with Gasteiger partial charge in [0.25, 0.3) is 0 Å². The topological polar surface area (TPSA) is 43.4 Å². The number of anilines is 1. The third kappa shape index (κ3) is 3.61. The number of rotatable bonds is 4. The van der Waals surface area contributed by atoms with Gasteiger partial charge in [-0.05, 0) is 30.3 Å². The van der Waals surface area contributed by atoms with E-state index in [2.05, 4.69) is 22.4 Å². The van der Waals surface area contributed by atoms with Crippen molar-refractivity contribution in [1.29, 1.82) is 0 Å². The summed E-state index contributed by atoms with van der Waals surface area (Å²) < 4.78 is 11.4. The molecule has 0 spiro atoms. The van der Waals surface area contributed by atoms with Crippen molar-refractivity contribution in [2.24, 2.45) is 0 Å². The Hall–Kier alpha value is -1.88. The Balaban J connectivity index is 1.69. The van der Waals surface area contributed by atoms with E-state index in [1.807, 2.05) is 31.4 Å². The predicted molar refractivity (Wildman–Crippen MR) is 85.4 cm³/mol. The number of nitrogens with one attached hydrogen (secondary N) is 1. The van der Waals surface area contributed by atoms with E-state index in [1.165, 1.54) is 0 Å². The zero-order chi connectivity index (χ0) is 14.5. The molecule has 0 unspecified atom stereocenters. The van der Waals surface area contributed by atoms with Gasteiger partial charge in [0.05, 0.1) is 18.9 Å². The van der Waals surface area contributed by atoms with Crippen LogP contribution in [0.2, 0.25) is 0 Å².